The monoisotopic (exact) mass is 535 g/mol. The zero-order valence-corrected chi connectivity index (χ0v) is 24.4. The molecule has 1 spiro atoms. The summed E-state index contributed by atoms with van der Waals surface area (Å²) in [7, 11) is 3.80. The van der Waals surface area contributed by atoms with Gasteiger partial charge in [0.15, 0.2) is 0 Å². The number of hydrogen-bond acceptors (Lipinski definition) is 7. The van der Waals surface area contributed by atoms with Crippen molar-refractivity contribution in [3.8, 4) is 0 Å². The second-order valence-corrected chi connectivity index (χ2v) is 12.5. The van der Waals surface area contributed by atoms with E-state index in [4.69, 9.17) is 18.9 Å². The van der Waals surface area contributed by atoms with Gasteiger partial charge < -0.3 is 34.5 Å². The van der Waals surface area contributed by atoms with Crippen molar-refractivity contribution in [2.24, 2.45) is 11.8 Å². The molecule has 4 fully saturated rings. The maximum absolute atomic E-state index is 13.1. The summed E-state index contributed by atoms with van der Waals surface area (Å²) in [6.45, 7) is 12.5. The quantitative estimate of drug-likeness (QED) is 0.309. The molecule has 9 heteroatoms. The van der Waals surface area contributed by atoms with Crippen LogP contribution in [0.5, 0.6) is 0 Å². The number of carbonyl (C=O) groups is 2. The molecule has 4 rings (SSSR count). The van der Waals surface area contributed by atoms with Crippen LogP contribution in [-0.2, 0) is 23.7 Å². The fourth-order valence-corrected chi connectivity index (χ4v) is 6.72. The molecule has 3 saturated heterocycles. The van der Waals surface area contributed by atoms with E-state index in [0.29, 0.717) is 25.6 Å². The van der Waals surface area contributed by atoms with Crippen LogP contribution in [0.15, 0.2) is 11.6 Å². The summed E-state index contributed by atoms with van der Waals surface area (Å²) in [5.74, 6) is -0.291. The summed E-state index contributed by atoms with van der Waals surface area (Å²) in [6, 6.07) is -0.159. The number of rotatable bonds is 11. The number of allylic oxidation sites excluding steroid dienone is 1. The molecule has 2 N–H and O–H groups in total. The van der Waals surface area contributed by atoms with Gasteiger partial charge in [-0.05, 0) is 78.8 Å². The standard InChI is InChI=1S/C29H49N3O6/c1-18(2)10-11-22-28(5,38-22)25-24(35-7)21(12-14-29(25)17-36-29)37-27(34)31-23(19(3)4)26(33)30-15-13-20-9-8-16-32(20)6/h10,19-25H,8-9,11-17H2,1-7H3,(H,30,33)(H,31,34)/t20?,21-,22+,23-,24-,25-,28-,29+/m1/s1. The van der Waals surface area contributed by atoms with Crippen LogP contribution < -0.4 is 10.6 Å². The van der Waals surface area contributed by atoms with Crippen molar-refractivity contribution in [3.63, 3.8) is 0 Å². The van der Waals surface area contributed by atoms with Crippen molar-refractivity contribution in [2.75, 3.05) is 33.9 Å². The van der Waals surface area contributed by atoms with Gasteiger partial charge in [-0.25, -0.2) is 4.79 Å². The van der Waals surface area contributed by atoms with Crippen LogP contribution in [0.25, 0.3) is 0 Å². The Morgan fingerprint density at radius 3 is 2.55 bits per heavy atom. The summed E-state index contributed by atoms with van der Waals surface area (Å²) in [5, 5.41) is 5.85. The van der Waals surface area contributed by atoms with Gasteiger partial charge in [0.05, 0.1) is 18.6 Å². The van der Waals surface area contributed by atoms with Crippen molar-refractivity contribution in [1.82, 2.24) is 15.5 Å². The molecule has 3 heterocycles. The van der Waals surface area contributed by atoms with Crippen molar-refractivity contribution in [1.29, 1.82) is 0 Å². The van der Waals surface area contributed by atoms with E-state index < -0.39 is 23.8 Å². The zero-order valence-electron chi connectivity index (χ0n) is 24.4. The highest BCUT2D eigenvalue weighted by atomic mass is 16.6. The third-order valence-corrected chi connectivity index (χ3v) is 9.17. The van der Waals surface area contributed by atoms with Gasteiger partial charge in [0, 0.05) is 19.7 Å². The summed E-state index contributed by atoms with van der Waals surface area (Å²) in [5.41, 5.74) is 0.592. The van der Waals surface area contributed by atoms with Crippen LogP contribution in [0.4, 0.5) is 4.79 Å². The van der Waals surface area contributed by atoms with E-state index in [1.807, 2.05) is 13.8 Å². The molecule has 0 aromatic rings. The van der Waals surface area contributed by atoms with Gasteiger partial charge in [0.2, 0.25) is 5.91 Å². The zero-order chi connectivity index (χ0) is 27.7. The number of amides is 2. The van der Waals surface area contributed by atoms with Gasteiger partial charge in [-0.1, -0.05) is 25.5 Å². The minimum atomic E-state index is -0.667. The smallest absolute Gasteiger partial charge is 0.408 e. The highest BCUT2D eigenvalue weighted by Crippen LogP contribution is 2.59. The summed E-state index contributed by atoms with van der Waals surface area (Å²) >= 11 is 0. The predicted octanol–water partition coefficient (Wildman–Crippen LogP) is 3.41. The number of likely N-dealkylation sites (tertiary alicyclic amines) is 1. The fraction of sp³-hybridized carbons (Fsp3) is 0.862. The van der Waals surface area contributed by atoms with Crippen molar-refractivity contribution >= 4 is 12.0 Å². The summed E-state index contributed by atoms with van der Waals surface area (Å²) < 4.78 is 24.2. The van der Waals surface area contributed by atoms with E-state index in [9.17, 15) is 9.59 Å². The third kappa shape index (κ3) is 6.37. The number of alkyl carbamates (subject to hydrolysis) is 1. The van der Waals surface area contributed by atoms with Gasteiger partial charge in [-0.3, -0.25) is 4.79 Å². The fourth-order valence-electron chi connectivity index (χ4n) is 6.72. The molecule has 216 valence electrons. The maximum atomic E-state index is 13.1. The topological polar surface area (TPSA) is 105 Å². The molecule has 0 aromatic heterocycles. The minimum absolute atomic E-state index is 0.0416. The average molecular weight is 536 g/mol. The lowest BCUT2D eigenvalue weighted by molar-refractivity contribution is -0.125. The first-order chi connectivity index (χ1) is 18.0. The van der Waals surface area contributed by atoms with Gasteiger partial charge in [-0.15, -0.1) is 0 Å². The molecule has 1 aliphatic carbocycles. The third-order valence-electron chi connectivity index (χ3n) is 9.17. The number of carbonyl (C=O) groups excluding carboxylic acids is 2. The summed E-state index contributed by atoms with van der Waals surface area (Å²) in [6.07, 6.45) is 6.46. The van der Waals surface area contributed by atoms with Gasteiger partial charge in [0.25, 0.3) is 0 Å². The number of methoxy groups -OCH3 is 1. The Kier molecular flexibility index (Phi) is 9.12. The Morgan fingerprint density at radius 1 is 1.24 bits per heavy atom. The molecule has 0 bridgehead atoms. The Labute approximate surface area is 228 Å². The molecule has 3 aliphatic heterocycles. The number of ether oxygens (including phenoxy) is 4. The van der Waals surface area contributed by atoms with E-state index >= 15 is 0 Å². The second-order valence-electron chi connectivity index (χ2n) is 12.5. The Hall–Kier alpha value is -1.68. The maximum Gasteiger partial charge on any atom is 0.408 e. The van der Waals surface area contributed by atoms with E-state index in [0.717, 1.165) is 25.8 Å². The number of epoxide rings is 2. The number of nitrogens with zero attached hydrogens (tertiary/aromatic N) is 1. The van der Waals surface area contributed by atoms with Crippen molar-refractivity contribution in [3.05, 3.63) is 11.6 Å². The predicted molar refractivity (Wildman–Crippen MR) is 145 cm³/mol. The van der Waals surface area contributed by atoms with E-state index in [1.165, 1.54) is 18.4 Å². The Morgan fingerprint density at radius 2 is 1.97 bits per heavy atom. The van der Waals surface area contributed by atoms with Gasteiger partial charge in [0.1, 0.15) is 29.5 Å². The molecule has 0 radical (unpaired) electrons. The van der Waals surface area contributed by atoms with Gasteiger partial charge >= 0.3 is 6.09 Å². The first-order valence-electron chi connectivity index (χ1n) is 14.4. The molecule has 1 unspecified atom stereocenters. The highest BCUT2D eigenvalue weighted by molar-refractivity contribution is 5.85. The van der Waals surface area contributed by atoms with Crippen LogP contribution >= 0.6 is 0 Å². The second kappa shape index (κ2) is 11.8. The van der Waals surface area contributed by atoms with Crippen LogP contribution in [0, 0.1) is 11.8 Å². The number of hydrogen-bond donors (Lipinski definition) is 2. The van der Waals surface area contributed by atoms with Crippen LogP contribution in [0.3, 0.4) is 0 Å². The first-order valence-corrected chi connectivity index (χ1v) is 14.4. The number of nitrogens with one attached hydrogen (secondary N) is 2. The average Bonchev–Trinajstić information content (AvgIpc) is 3.73. The SMILES string of the molecule is CO[C@@H]1[C@H](OC(=O)N[C@@H](C(=O)NCCC2CCCN2C)C(C)C)CC[C@]2(CO2)[C@H]1[C@]1(C)O[C@H]1CC=C(C)C. The summed E-state index contributed by atoms with van der Waals surface area (Å²) in [4.78, 5) is 28.4. The largest absolute Gasteiger partial charge is 0.443 e. The van der Waals surface area contributed by atoms with Crippen molar-refractivity contribution in [2.45, 2.75) is 115 Å². The van der Waals surface area contributed by atoms with Crippen LogP contribution in [-0.4, -0.2) is 92.4 Å². The lowest BCUT2D eigenvalue weighted by atomic mass is 9.68. The normalized spacial score (nSPS) is 37.1. The lowest BCUT2D eigenvalue weighted by Gasteiger charge is -2.42. The molecule has 1 saturated carbocycles. The molecule has 2 amide bonds. The van der Waals surface area contributed by atoms with E-state index in [2.05, 4.69) is 49.4 Å². The highest BCUT2D eigenvalue weighted by Gasteiger charge is 2.72. The molecule has 4 aliphatic rings. The van der Waals surface area contributed by atoms with Gasteiger partial charge in [-0.2, -0.15) is 0 Å². The van der Waals surface area contributed by atoms with Crippen LogP contribution in [0.1, 0.15) is 73.1 Å². The molecular formula is C29H49N3O6. The molecule has 0 aromatic carbocycles. The van der Waals surface area contributed by atoms with E-state index in [1.54, 1.807) is 7.11 Å². The molecule has 8 atom stereocenters. The lowest BCUT2D eigenvalue weighted by Crippen LogP contribution is -2.57. The molecule has 9 nitrogen and oxygen atoms in total. The Bertz CT molecular complexity index is 886. The van der Waals surface area contributed by atoms with Crippen molar-refractivity contribution < 1.29 is 28.5 Å². The van der Waals surface area contributed by atoms with E-state index in [-0.39, 0.29) is 35.6 Å². The molecule has 38 heavy (non-hydrogen) atoms. The molecular weight excluding hydrogens is 486 g/mol. The van der Waals surface area contributed by atoms with Crippen LogP contribution in [0.2, 0.25) is 0 Å². The Balaban J connectivity index is 1.34. The minimum Gasteiger partial charge on any atom is -0.443 e. The first kappa shape index (κ1) is 29.3.